The first-order valence-electron chi connectivity index (χ1n) is 8.35. The number of para-hydroxylation sites is 1. The molecular formula is C20H16N4O2. The molecule has 0 saturated heterocycles. The number of carbonyl (C=O) groups excluding carboxylic acids is 1. The van der Waals surface area contributed by atoms with Gasteiger partial charge in [-0.05, 0) is 29.8 Å². The number of nitrogens with zero attached hydrogens (tertiary/aromatic N) is 2. The molecule has 1 aliphatic rings. The number of nitrogens with one attached hydrogen (secondary N) is 2. The number of nitriles is 1. The maximum absolute atomic E-state index is 12.8. The summed E-state index contributed by atoms with van der Waals surface area (Å²) >= 11 is 0. The number of hydrogen-bond acceptors (Lipinski definition) is 4. The molecule has 0 atom stereocenters. The molecule has 2 heterocycles. The third-order valence-electron chi connectivity index (χ3n) is 4.54. The van der Waals surface area contributed by atoms with Crippen molar-refractivity contribution < 1.29 is 4.79 Å². The Morgan fingerprint density at radius 1 is 1.23 bits per heavy atom. The van der Waals surface area contributed by atoms with Gasteiger partial charge in [0.25, 0.3) is 11.5 Å². The van der Waals surface area contributed by atoms with Crippen LogP contribution in [0.4, 0.5) is 5.69 Å². The van der Waals surface area contributed by atoms with Gasteiger partial charge in [-0.15, -0.1) is 0 Å². The van der Waals surface area contributed by atoms with Crippen molar-refractivity contribution in [2.24, 2.45) is 0 Å². The first-order chi connectivity index (χ1) is 12.7. The summed E-state index contributed by atoms with van der Waals surface area (Å²) < 4.78 is 1.66. The summed E-state index contributed by atoms with van der Waals surface area (Å²) in [7, 11) is 0. The van der Waals surface area contributed by atoms with E-state index in [2.05, 4.69) is 16.7 Å². The van der Waals surface area contributed by atoms with Crippen LogP contribution < -0.4 is 16.2 Å². The van der Waals surface area contributed by atoms with Crippen LogP contribution in [-0.2, 0) is 13.1 Å². The minimum absolute atomic E-state index is 0.144. The van der Waals surface area contributed by atoms with E-state index < -0.39 is 5.91 Å². The van der Waals surface area contributed by atoms with Crippen LogP contribution >= 0.6 is 0 Å². The topological polar surface area (TPSA) is 86.9 Å². The van der Waals surface area contributed by atoms with E-state index in [1.807, 2.05) is 18.2 Å². The molecule has 4 rings (SSSR count). The Balaban J connectivity index is 1.64. The molecule has 1 aliphatic heterocycles. The summed E-state index contributed by atoms with van der Waals surface area (Å²) in [5.41, 5.74) is 3.05. The molecule has 1 amide bonds. The Morgan fingerprint density at radius 2 is 2.04 bits per heavy atom. The van der Waals surface area contributed by atoms with Crippen LogP contribution in [0.25, 0.3) is 10.9 Å². The molecule has 0 aliphatic carbocycles. The highest BCUT2D eigenvalue weighted by molar-refractivity contribution is 6.00. The molecule has 26 heavy (non-hydrogen) atoms. The SMILES string of the molecule is N#Cc1ccc(CNC(=O)c2cc3cccc4c3n(c2=O)CCN4)cc1. The lowest BCUT2D eigenvalue weighted by atomic mass is 10.1. The van der Waals surface area contributed by atoms with Gasteiger partial charge in [0.15, 0.2) is 0 Å². The van der Waals surface area contributed by atoms with Crippen molar-refractivity contribution >= 4 is 22.5 Å². The van der Waals surface area contributed by atoms with Gasteiger partial charge in [-0.25, -0.2) is 0 Å². The number of hydrogen-bond donors (Lipinski definition) is 2. The van der Waals surface area contributed by atoms with E-state index in [0.29, 0.717) is 25.2 Å². The minimum Gasteiger partial charge on any atom is -0.382 e. The monoisotopic (exact) mass is 344 g/mol. The summed E-state index contributed by atoms with van der Waals surface area (Å²) in [6.45, 7) is 1.48. The van der Waals surface area contributed by atoms with Crippen LogP contribution in [-0.4, -0.2) is 17.0 Å². The molecule has 6 nitrogen and oxygen atoms in total. The Kier molecular flexibility index (Phi) is 3.90. The molecule has 0 radical (unpaired) electrons. The standard InChI is InChI=1S/C20H16N4O2/c21-11-13-4-6-14(7-5-13)12-23-19(25)16-10-15-2-1-3-17-18(15)24(20(16)26)9-8-22-17/h1-7,10,22H,8-9,12H2,(H,23,25). The van der Waals surface area contributed by atoms with Crippen molar-refractivity contribution in [1.29, 1.82) is 5.26 Å². The zero-order valence-corrected chi connectivity index (χ0v) is 14.0. The molecule has 0 bridgehead atoms. The van der Waals surface area contributed by atoms with Crippen molar-refractivity contribution in [1.82, 2.24) is 9.88 Å². The van der Waals surface area contributed by atoms with Crippen LogP contribution in [0.1, 0.15) is 21.5 Å². The summed E-state index contributed by atoms with van der Waals surface area (Å²) in [5.74, 6) is -0.394. The van der Waals surface area contributed by atoms with E-state index in [1.54, 1.807) is 34.9 Å². The second-order valence-electron chi connectivity index (χ2n) is 6.18. The second kappa shape index (κ2) is 6.37. The number of carbonyl (C=O) groups is 1. The predicted octanol–water partition coefficient (Wildman–Crippen LogP) is 2.23. The average molecular weight is 344 g/mol. The van der Waals surface area contributed by atoms with Crippen molar-refractivity contribution in [3.8, 4) is 6.07 Å². The van der Waals surface area contributed by atoms with Crippen molar-refractivity contribution in [3.05, 3.63) is 75.6 Å². The van der Waals surface area contributed by atoms with E-state index in [-0.39, 0.29) is 11.1 Å². The highest BCUT2D eigenvalue weighted by atomic mass is 16.2. The van der Waals surface area contributed by atoms with E-state index in [0.717, 1.165) is 22.2 Å². The van der Waals surface area contributed by atoms with E-state index in [9.17, 15) is 9.59 Å². The Hall–Kier alpha value is -3.59. The van der Waals surface area contributed by atoms with Gasteiger partial charge in [-0.2, -0.15) is 5.26 Å². The van der Waals surface area contributed by atoms with Gasteiger partial charge in [0, 0.05) is 25.0 Å². The highest BCUT2D eigenvalue weighted by Crippen LogP contribution is 2.25. The Labute approximate surface area is 149 Å². The predicted molar refractivity (Wildman–Crippen MR) is 99.0 cm³/mol. The van der Waals surface area contributed by atoms with Gasteiger partial charge in [0.2, 0.25) is 0 Å². The fourth-order valence-corrected chi connectivity index (χ4v) is 3.24. The lowest BCUT2D eigenvalue weighted by Gasteiger charge is -2.21. The summed E-state index contributed by atoms with van der Waals surface area (Å²) in [5, 5.41) is 15.8. The van der Waals surface area contributed by atoms with Crippen molar-refractivity contribution in [3.63, 3.8) is 0 Å². The molecule has 0 unspecified atom stereocenters. The first-order valence-corrected chi connectivity index (χ1v) is 8.35. The van der Waals surface area contributed by atoms with Gasteiger partial charge in [-0.3, -0.25) is 9.59 Å². The van der Waals surface area contributed by atoms with Gasteiger partial charge >= 0.3 is 0 Å². The molecule has 0 saturated carbocycles. The third-order valence-corrected chi connectivity index (χ3v) is 4.54. The lowest BCUT2D eigenvalue weighted by Crippen LogP contribution is -2.35. The third kappa shape index (κ3) is 2.70. The maximum Gasteiger partial charge on any atom is 0.264 e. The molecule has 0 spiro atoms. The van der Waals surface area contributed by atoms with Crippen LogP contribution in [0, 0.1) is 11.3 Å². The highest BCUT2D eigenvalue weighted by Gasteiger charge is 2.19. The molecule has 2 aromatic carbocycles. The van der Waals surface area contributed by atoms with Gasteiger partial charge in [-0.1, -0.05) is 24.3 Å². The molecule has 0 fully saturated rings. The van der Waals surface area contributed by atoms with Crippen LogP contribution in [0.5, 0.6) is 0 Å². The molecule has 3 aromatic rings. The quantitative estimate of drug-likeness (QED) is 0.763. The smallest absolute Gasteiger partial charge is 0.264 e. The van der Waals surface area contributed by atoms with E-state index in [1.165, 1.54) is 0 Å². The van der Waals surface area contributed by atoms with E-state index in [4.69, 9.17) is 5.26 Å². The summed E-state index contributed by atoms with van der Waals surface area (Å²) in [4.78, 5) is 25.4. The fourth-order valence-electron chi connectivity index (χ4n) is 3.24. The number of anilines is 1. The Morgan fingerprint density at radius 3 is 2.81 bits per heavy atom. The van der Waals surface area contributed by atoms with Crippen molar-refractivity contribution in [2.45, 2.75) is 13.1 Å². The normalized spacial score (nSPS) is 12.3. The molecule has 128 valence electrons. The minimum atomic E-state index is -0.394. The molecule has 6 heteroatoms. The van der Waals surface area contributed by atoms with E-state index >= 15 is 0 Å². The van der Waals surface area contributed by atoms with Gasteiger partial charge in [0.05, 0.1) is 22.8 Å². The largest absolute Gasteiger partial charge is 0.382 e. The second-order valence-corrected chi connectivity index (χ2v) is 6.18. The maximum atomic E-state index is 12.8. The average Bonchev–Trinajstić information content (AvgIpc) is 2.69. The lowest BCUT2D eigenvalue weighted by molar-refractivity contribution is 0.0949. The molecular weight excluding hydrogens is 328 g/mol. The van der Waals surface area contributed by atoms with Crippen LogP contribution in [0.15, 0.2) is 53.3 Å². The fraction of sp³-hybridized carbons (Fsp3) is 0.150. The number of rotatable bonds is 3. The molecule has 2 N–H and O–H groups in total. The van der Waals surface area contributed by atoms with Crippen molar-refractivity contribution in [2.75, 3.05) is 11.9 Å². The molecule has 1 aromatic heterocycles. The zero-order chi connectivity index (χ0) is 18.1. The van der Waals surface area contributed by atoms with Gasteiger partial charge in [0.1, 0.15) is 5.56 Å². The van der Waals surface area contributed by atoms with Crippen LogP contribution in [0.3, 0.4) is 0 Å². The van der Waals surface area contributed by atoms with Gasteiger partial charge < -0.3 is 15.2 Å². The number of aromatic nitrogens is 1. The van der Waals surface area contributed by atoms with Crippen LogP contribution in [0.2, 0.25) is 0 Å². The zero-order valence-electron chi connectivity index (χ0n) is 14.0. The first kappa shape index (κ1) is 15.9. The number of pyridine rings is 1. The summed E-state index contributed by atoms with van der Waals surface area (Å²) in [6, 6.07) is 16.4. The number of amides is 1. The number of benzene rings is 2. The Bertz CT molecular complexity index is 1110. The summed E-state index contributed by atoms with van der Waals surface area (Å²) in [6.07, 6.45) is 0.